The fourth-order valence-corrected chi connectivity index (χ4v) is 6.86. The van der Waals surface area contributed by atoms with Gasteiger partial charge in [-0.2, -0.15) is 9.30 Å². The Morgan fingerprint density at radius 2 is 1.86 bits per heavy atom. The van der Waals surface area contributed by atoms with E-state index in [9.17, 15) is 13.2 Å². The molecule has 0 bridgehead atoms. The summed E-state index contributed by atoms with van der Waals surface area (Å²) < 4.78 is 36.3. The molecule has 9 heteroatoms. The Kier molecular flexibility index (Phi) is 6.98. The first kappa shape index (κ1) is 25.0. The summed E-state index contributed by atoms with van der Waals surface area (Å²) in [6.45, 7) is 3.48. The quantitative estimate of drug-likeness (QED) is 0.349. The molecule has 0 spiro atoms. The number of ether oxygens (including phenoxy) is 1. The van der Waals surface area contributed by atoms with Gasteiger partial charge in [-0.25, -0.2) is 8.42 Å². The monoisotopic (exact) mass is 531 g/mol. The van der Waals surface area contributed by atoms with E-state index in [0.29, 0.717) is 36.5 Å². The predicted octanol–water partition coefficient (Wildman–Crippen LogP) is 4.22. The topological polar surface area (TPSA) is 81.0 Å². The number of terminal acetylenes is 1. The van der Waals surface area contributed by atoms with Crippen molar-refractivity contribution in [3.63, 3.8) is 0 Å². The molecule has 1 aromatic heterocycles. The van der Waals surface area contributed by atoms with Gasteiger partial charge in [-0.15, -0.1) is 6.42 Å². The standard InChI is InChI=1S/C28H25N3O4S2/c1-3-16-31-25-14-11-23(35-4-2)18-26(25)36-28(31)29-27(32)21-9-12-24(13-10-21)37(33,34)30-17-15-20-7-5-6-8-22(20)19-30/h1,5-14,18H,4,15-17,19H2,2H3. The number of fused-ring (bicyclic) bond motifs is 2. The zero-order valence-electron chi connectivity index (χ0n) is 20.3. The summed E-state index contributed by atoms with van der Waals surface area (Å²) >= 11 is 1.34. The van der Waals surface area contributed by atoms with Crippen molar-refractivity contribution in [3.8, 4) is 18.1 Å². The van der Waals surface area contributed by atoms with Gasteiger partial charge in [0.05, 0.1) is 28.3 Å². The molecule has 0 saturated carbocycles. The Morgan fingerprint density at radius 1 is 1.11 bits per heavy atom. The Bertz CT molecular complexity index is 1690. The van der Waals surface area contributed by atoms with Gasteiger partial charge in [-0.05, 0) is 66.9 Å². The smallest absolute Gasteiger partial charge is 0.279 e. The van der Waals surface area contributed by atoms with Gasteiger partial charge in [0, 0.05) is 18.7 Å². The summed E-state index contributed by atoms with van der Waals surface area (Å²) in [7, 11) is -3.69. The highest BCUT2D eigenvalue weighted by Crippen LogP contribution is 2.26. The largest absolute Gasteiger partial charge is 0.494 e. The van der Waals surface area contributed by atoms with E-state index < -0.39 is 15.9 Å². The first-order valence-corrected chi connectivity index (χ1v) is 14.1. The fourth-order valence-electron chi connectivity index (χ4n) is 4.38. The molecule has 0 aliphatic carbocycles. The highest BCUT2D eigenvalue weighted by atomic mass is 32.2. The summed E-state index contributed by atoms with van der Waals surface area (Å²) in [6.07, 6.45) is 6.24. The molecule has 0 saturated heterocycles. The molecule has 0 unspecified atom stereocenters. The maximum absolute atomic E-state index is 13.2. The average molecular weight is 532 g/mol. The number of hydrogen-bond donors (Lipinski definition) is 0. The number of nitrogens with zero attached hydrogens (tertiary/aromatic N) is 3. The lowest BCUT2D eigenvalue weighted by atomic mass is 10.0. The number of amides is 1. The zero-order chi connectivity index (χ0) is 26.0. The minimum Gasteiger partial charge on any atom is -0.494 e. The number of carbonyl (C=O) groups is 1. The van der Waals surface area contributed by atoms with Crippen LogP contribution < -0.4 is 9.54 Å². The Balaban J connectivity index is 1.42. The normalized spacial score (nSPS) is 14.3. The van der Waals surface area contributed by atoms with Gasteiger partial charge in [-0.3, -0.25) is 4.79 Å². The summed E-state index contributed by atoms with van der Waals surface area (Å²) in [5, 5.41) is 0. The van der Waals surface area contributed by atoms with Gasteiger partial charge < -0.3 is 9.30 Å². The molecule has 0 N–H and O–H groups in total. The zero-order valence-corrected chi connectivity index (χ0v) is 21.9. The number of benzene rings is 3. The summed E-state index contributed by atoms with van der Waals surface area (Å²) in [4.78, 5) is 17.9. The van der Waals surface area contributed by atoms with Crippen molar-refractivity contribution in [2.24, 2.45) is 4.99 Å². The molecule has 5 rings (SSSR count). The van der Waals surface area contributed by atoms with Gasteiger partial charge in [-0.1, -0.05) is 41.5 Å². The highest BCUT2D eigenvalue weighted by Gasteiger charge is 2.28. The van der Waals surface area contributed by atoms with E-state index in [2.05, 4.69) is 10.9 Å². The Labute approximate surface area is 219 Å². The maximum Gasteiger partial charge on any atom is 0.279 e. The van der Waals surface area contributed by atoms with Crippen LogP contribution in [-0.2, 0) is 29.5 Å². The lowest BCUT2D eigenvalue weighted by Crippen LogP contribution is -2.35. The van der Waals surface area contributed by atoms with E-state index in [-0.39, 0.29) is 11.4 Å². The van der Waals surface area contributed by atoms with Crippen molar-refractivity contribution in [2.75, 3.05) is 13.2 Å². The Morgan fingerprint density at radius 3 is 2.59 bits per heavy atom. The molecule has 7 nitrogen and oxygen atoms in total. The van der Waals surface area contributed by atoms with Gasteiger partial charge >= 0.3 is 0 Å². The average Bonchev–Trinajstić information content (AvgIpc) is 3.24. The van der Waals surface area contributed by atoms with Crippen LogP contribution in [0, 0.1) is 12.3 Å². The summed E-state index contributed by atoms with van der Waals surface area (Å²) in [5.41, 5.74) is 3.35. The molecule has 4 aromatic rings. The van der Waals surface area contributed by atoms with Crippen LogP contribution in [0.2, 0.25) is 0 Å². The third kappa shape index (κ3) is 4.96. The molecule has 2 heterocycles. The van der Waals surface area contributed by atoms with Gasteiger partial charge in [0.2, 0.25) is 10.0 Å². The van der Waals surface area contributed by atoms with E-state index in [1.165, 1.54) is 45.5 Å². The summed E-state index contributed by atoms with van der Waals surface area (Å²) in [6, 6.07) is 19.5. The molecule has 1 aliphatic rings. The van der Waals surface area contributed by atoms with Gasteiger partial charge in [0.1, 0.15) is 5.75 Å². The third-order valence-electron chi connectivity index (χ3n) is 6.25. The van der Waals surface area contributed by atoms with Crippen LogP contribution in [0.4, 0.5) is 0 Å². The molecule has 188 valence electrons. The molecule has 37 heavy (non-hydrogen) atoms. The van der Waals surface area contributed by atoms with Gasteiger partial charge in [0.25, 0.3) is 5.91 Å². The molecule has 1 amide bonds. The minimum atomic E-state index is -3.69. The van der Waals surface area contributed by atoms with E-state index >= 15 is 0 Å². The van der Waals surface area contributed by atoms with Crippen LogP contribution in [-0.4, -0.2) is 36.3 Å². The number of thiazole rings is 1. The number of rotatable bonds is 6. The van der Waals surface area contributed by atoms with Crippen molar-refractivity contribution < 1.29 is 17.9 Å². The maximum atomic E-state index is 13.2. The molecular weight excluding hydrogens is 506 g/mol. The molecular formula is C28H25N3O4S2. The molecule has 1 aliphatic heterocycles. The van der Waals surface area contributed by atoms with Crippen LogP contribution in [0.5, 0.6) is 5.75 Å². The number of hydrogen-bond acceptors (Lipinski definition) is 5. The Hall–Kier alpha value is -3.71. The first-order chi connectivity index (χ1) is 17.9. The van der Waals surface area contributed by atoms with Crippen LogP contribution in [0.15, 0.2) is 76.6 Å². The number of sulfonamides is 1. The van der Waals surface area contributed by atoms with Crippen LogP contribution in [0.3, 0.4) is 0 Å². The fraction of sp³-hybridized carbons (Fsp3) is 0.214. The van der Waals surface area contributed by atoms with Crippen molar-refractivity contribution in [1.29, 1.82) is 0 Å². The third-order valence-corrected chi connectivity index (χ3v) is 9.15. The van der Waals surface area contributed by atoms with Crippen molar-refractivity contribution in [3.05, 3.63) is 88.2 Å². The second kappa shape index (κ2) is 10.3. The minimum absolute atomic E-state index is 0.149. The van der Waals surface area contributed by atoms with Crippen molar-refractivity contribution in [1.82, 2.24) is 8.87 Å². The van der Waals surface area contributed by atoms with E-state index in [1.54, 1.807) is 4.57 Å². The number of carbonyl (C=O) groups excluding carboxylic acids is 1. The van der Waals surface area contributed by atoms with Crippen molar-refractivity contribution in [2.45, 2.75) is 31.3 Å². The molecule has 0 fully saturated rings. The second-order valence-corrected chi connectivity index (χ2v) is 11.5. The van der Waals surface area contributed by atoms with Crippen LogP contribution in [0.1, 0.15) is 28.4 Å². The number of aromatic nitrogens is 1. The van der Waals surface area contributed by atoms with Gasteiger partial charge in [0.15, 0.2) is 4.80 Å². The summed E-state index contributed by atoms with van der Waals surface area (Å²) in [5.74, 6) is 2.87. The lowest BCUT2D eigenvalue weighted by Gasteiger charge is -2.28. The van der Waals surface area contributed by atoms with E-state index in [4.69, 9.17) is 11.2 Å². The first-order valence-electron chi connectivity index (χ1n) is 11.9. The SMILES string of the molecule is C#CCn1c(=NC(=O)c2ccc(S(=O)(=O)N3CCc4ccccc4C3)cc2)sc2cc(OCC)ccc21. The molecule has 0 radical (unpaired) electrons. The molecule has 0 atom stereocenters. The van der Waals surface area contributed by atoms with E-state index in [1.807, 2.05) is 49.4 Å². The van der Waals surface area contributed by atoms with Crippen LogP contribution >= 0.6 is 11.3 Å². The second-order valence-electron chi connectivity index (χ2n) is 8.54. The predicted molar refractivity (Wildman–Crippen MR) is 144 cm³/mol. The lowest BCUT2D eigenvalue weighted by molar-refractivity contribution is 0.0997. The molecule has 3 aromatic carbocycles. The van der Waals surface area contributed by atoms with E-state index in [0.717, 1.165) is 21.5 Å². The highest BCUT2D eigenvalue weighted by molar-refractivity contribution is 7.89. The van der Waals surface area contributed by atoms with Crippen LogP contribution in [0.25, 0.3) is 10.2 Å². The van der Waals surface area contributed by atoms with Crippen molar-refractivity contribution >= 4 is 37.5 Å².